The van der Waals surface area contributed by atoms with E-state index in [9.17, 15) is 13.0 Å². The summed E-state index contributed by atoms with van der Waals surface area (Å²) >= 11 is 0. The van der Waals surface area contributed by atoms with Crippen molar-refractivity contribution in [2.24, 2.45) is 0 Å². The smallest absolute Gasteiger partial charge is 0.493 e. The maximum absolute atomic E-state index is 12.6. The fourth-order valence-electron chi connectivity index (χ4n) is 2.40. The molecule has 0 aliphatic rings. The molecule has 1 aromatic carbocycles. The van der Waals surface area contributed by atoms with Gasteiger partial charge in [-0.3, -0.25) is 9.19 Å². The van der Waals surface area contributed by atoms with E-state index < -0.39 is 17.4 Å². The van der Waals surface area contributed by atoms with Gasteiger partial charge < -0.3 is 19.2 Å². The summed E-state index contributed by atoms with van der Waals surface area (Å²) in [5.41, 5.74) is 1.38. The van der Waals surface area contributed by atoms with Gasteiger partial charge in [0.15, 0.2) is 16.7 Å². The Hall–Kier alpha value is -1.75. The van der Waals surface area contributed by atoms with Crippen molar-refractivity contribution in [3.63, 3.8) is 0 Å². The molecule has 1 N–H and O–H groups in total. The van der Waals surface area contributed by atoms with E-state index in [1.54, 1.807) is 6.07 Å². The Balaban J connectivity index is 0.00000196. The maximum atomic E-state index is 12.6. The third-order valence-corrected chi connectivity index (χ3v) is 4.67. The zero-order valence-electron chi connectivity index (χ0n) is 14.9. The molecule has 0 aliphatic carbocycles. The standard InChI is InChI=1S/C16H15F2N3O4S.CH4.Na/c1-23-13-5-6-19-12(14(13)24-2)8-26(22)16-20-10-4-3-9(25-15(17)18)7-11(10)21-16;;/h3-7,15H,8H2,1-2H3,(H,20,21);1H4;/q;;+1. The van der Waals surface area contributed by atoms with Crippen molar-refractivity contribution in [3.8, 4) is 17.2 Å². The van der Waals surface area contributed by atoms with Gasteiger partial charge in [0, 0.05) is 18.3 Å². The molecule has 0 bridgehead atoms. The zero-order valence-corrected chi connectivity index (χ0v) is 17.7. The molecule has 0 saturated heterocycles. The molecule has 3 aromatic rings. The summed E-state index contributed by atoms with van der Waals surface area (Å²) in [6.07, 6.45) is 1.53. The van der Waals surface area contributed by atoms with Crippen molar-refractivity contribution >= 4 is 21.8 Å². The molecule has 0 amide bonds. The van der Waals surface area contributed by atoms with Gasteiger partial charge in [0.2, 0.25) is 0 Å². The molecule has 0 radical (unpaired) electrons. The number of H-pyrrole nitrogens is 1. The van der Waals surface area contributed by atoms with Crippen LogP contribution in [0.4, 0.5) is 8.78 Å². The number of methoxy groups -OCH3 is 2. The van der Waals surface area contributed by atoms with Crippen molar-refractivity contribution in [1.29, 1.82) is 0 Å². The first-order valence-electron chi connectivity index (χ1n) is 7.40. The number of halogens is 2. The number of alkyl halides is 2. The predicted octanol–water partition coefficient (Wildman–Crippen LogP) is 0.524. The first kappa shape index (κ1) is 24.3. The number of aromatic amines is 1. The first-order valence-corrected chi connectivity index (χ1v) is 8.72. The molecule has 2 heterocycles. The summed E-state index contributed by atoms with van der Waals surface area (Å²) in [6.45, 7) is -2.92. The molecule has 11 heteroatoms. The van der Waals surface area contributed by atoms with Crippen LogP contribution in [0.2, 0.25) is 0 Å². The number of imidazole rings is 1. The molecule has 1 atom stereocenters. The Morgan fingerprint density at radius 1 is 1.21 bits per heavy atom. The number of nitrogens with zero attached hydrogens (tertiary/aromatic N) is 2. The van der Waals surface area contributed by atoms with Crippen molar-refractivity contribution in [3.05, 3.63) is 36.2 Å². The molecule has 0 aliphatic heterocycles. The van der Waals surface area contributed by atoms with Gasteiger partial charge >= 0.3 is 36.2 Å². The molecule has 0 saturated carbocycles. The summed E-state index contributed by atoms with van der Waals surface area (Å²) < 4.78 is 52.1. The SMILES string of the molecule is C.COc1ccnc(CS(=O)c2nc3ccc(OC(F)F)cc3[nH]2)c1OC.[Na+]. The second-order valence-electron chi connectivity index (χ2n) is 5.08. The van der Waals surface area contributed by atoms with Crippen molar-refractivity contribution in [1.82, 2.24) is 15.0 Å². The molecule has 7 nitrogen and oxygen atoms in total. The quantitative estimate of drug-likeness (QED) is 0.559. The van der Waals surface area contributed by atoms with Crippen LogP contribution < -0.4 is 43.8 Å². The fraction of sp³-hybridized carbons (Fsp3) is 0.294. The number of benzene rings is 1. The number of nitrogens with one attached hydrogen (secondary N) is 1. The molecular weight excluding hydrogens is 403 g/mol. The summed E-state index contributed by atoms with van der Waals surface area (Å²) in [4.78, 5) is 11.3. The van der Waals surface area contributed by atoms with Crippen LogP contribution in [-0.2, 0) is 16.6 Å². The fourth-order valence-corrected chi connectivity index (χ4v) is 3.41. The van der Waals surface area contributed by atoms with E-state index in [0.29, 0.717) is 28.2 Å². The number of hydrogen-bond acceptors (Lipinski definition) is 6. The molecule has 0 spiro atoms. The minimum absolute atomic E-state index is 0. The average Bonchev–Trinajstić information content (AvgIpc) is 3.04. The third kappa shape index (κ3) is 5.40. The summed E-state index contributed by atoms with van der Waals surface area (Å²) in [6, 6.07) is 5.89. The molecular formula is C17H19F2N3NaO4S+. The minimum Gasteiger partial charge on any atom is -0.493 e. The van der Waals surface area contributed by atoms with Gasteiger partial charge in [0.05, 0.1) is 47.5 Å². The van der Waals surface area contributed by atoms with E-state index in [2.05, 4.69) is 19.7 Å². The van der Waals surface area contributed by atoms with E-state index in [1.807, 2.05) is 0 Å². The van der Waals surface area contributed by atoms with Gasteiger partial charge in [-0.25, -0.2) is 4.98 Å². The Morgan fingerprint density at radius 2 is 1.96 bits per heavy atom. The zero-order chi connectivity index (χ0) is 18.7. The van der Waals surface area contributed by atoms with Crippen LogP contribution in [-0.4, -0.2) is 40.0 Å². The number of ether oxygens (including phenoxy) is 3. The van der Waals surface area contributed by atoms with Gasteiger partial charge in [-0.2, -0.15) is 8.78 Å². The Morgan fingerprint density at radius 3 is 2.61 bits per heavy atom. The Bertz CT molecular complexity index is 955. The van der Waals surface area contributed by atoms with Gasteiger partial charge in [-0.05, 0) is 12.1 Å². The molecule has 28 heavy (non-hydrogen) atoms. The van der Waals surface area contributed by atoms with Crippen LogP contribution in [0, 0.1) is 0 Å². The number of pyridine rings is 1. The average molecular weight is 422 g/mol. The van der Waals surface area contributed by atoms with Gasteiger partial charge in [0.1, 0.15) is 5.75 Å². The van der Waals surface area contributed by atoms with Crippen LogP contribution in [0.1, 0.15) is 13.1 Å². The maximum Gasteiger partial charge on any atom is 1.00 e. The number of rotatable bonds is 7. The monoisotopic (exact) mass is 422 g/mol. The second-order valence-corrected chi connectivity index (χ2v) is 6.45. The van der Waals surface area contributed by atoms with E-state index in [-0.39, 0.29) is 53.6 Å². The molecule has 146 valence electrons. The van der Waals surface area contributed by atoms with Gasteiger partial charge in [-0.1, -0.05) is 7.43 Å². The van der Waals surface area contributed by atoms with Crippen LogP contribution >= 0.6 is 0 Å². The molecule has 3 rings (SSSR count). The van der Waals surface area contributed by atoms with Crippen LogP contribution in [0.25, 0.3) is 11.0 Å². The predicted molar refractivity (Wildman–Crippen MR) is 96.9 cm³/mol. The summed E-state index contributed by atoms with van der Waals surface area (Å²) in [5.74, 6) is 0.908. The number of hydrogen-bond donors (Lipinski definition) is 1. The Labute approximate surface area is 185 Å². The first-order chi connectivity index (χ1) is 12.5. The summed E-state index contributed by atoms with van der Waals surface area (Å²) in [7, 11) is 1.41. The number of fused-ring (bicyclic) bond motifs is 1. The van der Waals surface area contributed by atoms with Gasteiger partial charge in [0.25, 0.3) is 0 Å². The van der Waals surface area contributed by atoms with E-state index in [0.717, 1.165) is 0 Å². The number of aromatic nitrogens is 3. The minimum atomic E-state index is -2.92. The largest absolute Gasteiger partial charge is 1.00 e. The van der Waals surface area contributed by atoms with Crippen LogP contribution in [0.3, 0.4) is 0 Å². The van der Waals surface area contributed by atoms with Crippen molar-refractivity contribution in [2.45, 2.75) is 24.9 Å². The van der Waals surface area contributed by atoms with Crippen LogP contribution in [0.5, 0.6) is 17.2 Å². The van der Waals surface area contributed by atoms with Crippen molar-refractivity contribution < 1.29 is 56.8 Å². The Kier molecular flexibility index (Phi) is 9.28. The second kappa shape index (κ2) is 10.7. The van der Waals surface area contributed by atoms with Gasteiger partial charge in [-0.15, -0.1) is 0 Å². The van der Waals surface area contributed by atoms with Crippen molar-refractivity contribution in [2.75, 3.05) is 14.2 Å². The van der Waals surface area contributed by atoms with E-state index in [4.69, 9.17) is 9.47 Å². The molecule has 2 aromatic heterocycles. The van der Waals surface area contributed by atoms with E-state index in [1.165, 1.54) is 38.6 Å². The van der Waals surface area contributed by atoms with Crippen LogP contribution in [0.15, 0.2) is 35.6 Å². The molecule has 0 fully saturated rings. The summed E-state index contributed by atoms with van der Waals surface area (Å²) in [5, 5.41) is 0.195. The normalized spacial score (nSPS) is 11.5. The third-order valence-electron chi connectivity index (χ3n) is 3.51. The van der Waals surface area contributed by atoms with E-state index >= 15 is 0 Å². The molecule has 1 unspecified atom stereocenters. The topological polar surface area (TPSA) is 86.3 Å².